The molecule has 0 heterocycles. The van der Waals surface area contributed by atoms with Gasteiger partial charge in [-0.2, -0.15) is 18.8 Å². The highest BCUT2D eigenvalue weighted by molar-refractivity contribution is 7.85. The van der Waals surface area contributed by atoms with E-state index in [9.17, 15) is 8.42 Å². The van der Waals surface area contributed by atoms with Crippen molar-refractivity contribution in [3.8, 4) is 0 Å². The Morgan fingerprint density at radius 3 is 2.64 bits per heavy atom. The van der Waals surface area contributed by atoms with Crippen LogP contribution in [0, 0.1) is 0 Å². The Morgan fingerprint density at radius 1 is 1.50 bits per heavy atom. The molecule has 86 valence electrons. The second-order valence-electron chi connectivity index (χ2n) is 2.47. The molecule has 0 aliphatic carbocycles. The molecular formula is C5H15N3O5S. The first-order chi connectivity index (χ1) is 6.45. The second kappa shape index (κ2) is 7.06. The Balaban J connectivity index is 3.41. The number of hydrogen-bond donors (Lipinski definition) is 4. The lowest BCUT2D eigenvalue weighted by atomic mass is 10.5. The van der Waals surface area contributed by atoms with Crippen LogP contribution in [0.25, 0.3) is 0 Å². The standard InChI is InChI=1S/C5H15N3O5S/c1-5(3-14(9,10)11)12-4-7-13-8-6-2/h5-8H,3-4H2,1-2H3,(H,9,10,11). The fourth-order valence-electron chi connectivity index (χ4n) is 0.638. The summed E-state index contributed by atoms with van der Waals surface area (Å²) in [6.07, 6.45) is -0.615. The maximum Gasteiger partial charge on any atom is 0.267 e. The molecular weight excluding hydrogens is 214 g/mol. The molecule has 4 N–H and O–H groups in total. The Morgan fingerprint density at radius 2 is 2.14 bits per heavy atom. The Bertz CT molecular complexity index is 232. The van der Waals surface area contributed by atoms with E-state index < -0.39 is 22.0 Å². The Labute approximate surface area is 82.6 Å². The van der Waals surface area contributed by atoms with Gasteiger partial charge in [0.15, 0.2) is 0 Å². The third-order valence-electron chi connectivity index (χ3n) is 1.10. The van der Waals surface area contributed by atoms with Crippen LogP contribution in [-0.2, 0) is 19.8 Å². The minimum Gasteiger partial charge on any atom is -0.360 e. The van der Waals surface area contributed by atoms with Gasteiger partial charge in [-0.3, -0.25) is 4.55 Å². The average Bonchev–Trinajstić information content (AvgIpc) is 2.00. The van der Waals surface area contributed by atoms with Crippen LogP contribution < -0.4 is 16.5 Å². The van der Waals surface area contributed by atoms with Gasteiger partial charge in [-0.25, -0.2) is 5.43 Å². The molecule has 0 aliphatic rings. The molecule has 0 aliphatic heterocycles. The van der Waals surface area contributed by atoms with Gasteiger partial charge in [-0.15, -0.1) is 5.59 Å². The third-order valence-corrected chi connectivity index (χ3v) is 1.99. The molecule has 14 heavy (non-hydrogen) atoms. The van der Waals surface area contributed by atoms with Crippen molar-refractivity contribution in [1.29, 1.82) is 0 Å². The molecule has 1 atom stereocenters. The quantitative estimate of drug-likeness (QED) is 0.170. The lowest BCUT2D eigenvalue weighted by Crippen LogP contribution is -2.36. The first-order valence-electron chi connectivity index (χ1n) is 3.83. The van der Waals surface area contributed by atoms with E-state index in [1.165, 1.54) is 6.92 Å². The summed E-state index contributed by atoms with van der Waals surface area (Å²) >= 11 is 0. The summed E-state index contributed by atoms with van der Waals surface area (Å²) in [5.41, 5.74) is 7.06. The number of nitrogens with one attached hydrogen (secondary N) is 3. The molecule has 1 unspecified atom stereocenters. The molecule has 0 radical (unpaired) electrons. The van der Waals surface area contributed by atoms with E-state index in [4.69, 9.17) is 9.29 Å². The molecule has 0 aromatic heterocycles. The maximum absolute atomic E-state index is 10.4. The average molecular weight is 229 g/mol. The highest BCUT2D eigenvalue weighted by atomic mass is 32.2. The first-order valence-corrected chi connectivity index (χ1v) is 5.44. The number of hydrazine groups is 1. The van der Waals surface area contributed by atoms with Crippen molar-refractivity contribution in [3.63, 3.8) is 0 Å². The van der Waals surface area contributed by atoms with Crippen LogP contribution >= 0.6 is 0 Å². The molecule has 0 saturated heterocycles. The summed E-state index contributed by atoms with van der Waals surface area (Å²) in [4.78, 5) is 4.52. The number of ether oxygens (including phenoxy) is 1. The molecule has 0 rings (SSSR count). The molecule has 9 heteroatoms. The van der Waals surface area contributed by atoms with Crippen LogP contribution in [0.3, 0.4) is 0 Å². The van der Waals surface area contributed by atoms with E-state index in [0.29, 0.717) is 0 Å². The molecule has 0 spiro atoms. The van der Waals surface area contributed by atoms with Crippen molar-refractivity contribution >= 4 is 10.1 Å². The second-order valence-corrected chi connectivity index (χ2v) is 3.97. The van der Waals surface area contributed by atoms with Gasteiger partial charge in [0.2, 0.25) is 0 Å². The van der Waals surface area contributed by atoms with Gasteiger partial charge in [-0.05, 0) is 6.92 Å². The normalized spacial score (nSPS) is 14.2. The van der Waals surface area contributed by atoms with Crippen molar-refractivity contribution in [2.45, 2.75) is 13.0 Å². The predicted molar refractivity (Wildman–Crippen MR) is 48.2 cm³/mol. The van der Waals surface area contributed by atoms with Gasteiger partial charge in [0.1, 0.15) is 12.5 Å². The van der Waals surface area contributed by atoms with Crippen molar-refractivity contribution in [2.24, 2.45) is 0 Å². The van der Waals surface area contributed by atoms with E-state index in [0.717, 1.165) is 0 Å². The van der Waals surface area contributed by atoms with Gasteiger partial charge in [0.05, 0.1) is 6.10 Å². The summed E-state index contributed by atoms with van der Waals surface area (Å²) in [6, 6.07) is 0. The van der Waals surface area contributed by atoms with Crippen LogP contribution in [0.4, 0.5) is 0 Å². The van der Waals surface area contributed by atoms with Crippen molar-refractivity contribution in [1.82, 2.24) is 16.5 Å². The summed E-state index contributed by atoms with van der Waals surface area (Å²) in [5, 5.41) is 0. The van der Waals surface area contributed by atoms with E-state index in [2.05, 4.69) is 21.4 Å². The van der Waals surface area contributed by atoms with Gasteiger partial charge < -0.3 is 4.74 Å². The number of hydrogen-bond acceptors (Lipinski definition) is 7. The monoisotopic (exact) mass is 229 g/mol. The van der Waals surface area contributed by atoms with Crippen LogP contribution in [0.2, 0.25) is 0 Å². The Kier molecular flexibility index (Phi) is 6.92. The minimum atomic E-state index is -3.99. The third kappa shape index (κ3) is 9.80. The molecule has 0 amide bonds. The maximum atomic E-state index is 10.4. The molecule has 0 fully saturated rings. The van der Waals surface area contributed by atoms with Crippen LogP contribution in [-0.4, -0.2) is 38.6 Å². The zero-order valence-corrected chi connectivity index (χ0v) is 8.80. The van der Waals surface area contributed by atoms with E-state index >= 15 is 0 Å². The smallest absolute Gasteiger partial charge is 0.267 e. The Hall–Kier alpha value is -0.290. The molecule has 0 aromatic rings. The summed E-state index contributed by atoms with van der Waals surface area (Å²) in [6.45, 7) is 1.51. The highest BCUT2D eigenvalue weighted by Gasteiger charge is 2.12. The number of rotatable bonds is 8. The van der Waals surface area contributed by atoms with Gasteiger partial charge in [-0.1, -0.05) is 0 Å². The highest BCUT2D eigenvalue weighted by Crippen LogP contribution is 1.94. The lowest BCUT2D eigenvalue weighted by molar-refractivity contribution is -0.108. The van der Waals surface area contributed by atoms with Gasteiger partial charge in [0, 0.05) is 7.05 Å². The van der Waals surface area contributed by atoms with E-state index in [1.807, 2.05) is 0 Å². The van der Waals surface area contributed by atoms with Crippen molar-refractivity contribution < 1.29 is 22.6 Å². The summed E-state index contributed by atoms with van der Waals surface area (Å²) in [7, 11) is -2.39. The van der Waals surface area contributed by atoms with Crippen molar-refractivity contribution in [2.75, 3.05) is 19.5 Å². The van der Waals surface area contributed by atoms with Crippen LogP contribution in [0.1, 0.15) is 6.92 Å². The van der Waals surface area contributed by atoms with Gasteiger partial charge >= 0.3 is 0 Å². The largest absolute Gasteiger partial charge is 0.360 e. The van der Waals surface area contributed by atoms with Crippen LogP contribution in [0.5, 0.6) is 0 Å². The summed E-state index contributed by atoms with van der Waals surface area (Å²) < 4.78 is 34.1. The molecule has 0 bridgehead atoms. The summed E-state index contributed by atoms with van der Waals surface area (Å²) in [5.74, 6) is -0.450. The topological polar surface area (TPSA) is 109 Å². The fourth-order valence-corrected chi connectivity index (χ4v) is 1.33. The molecule has 0 aromatic carbocycles. The van der Waals surface area contributed by atoms with E-state index in [1.54, 1.807) is 7.05 Å². The zero-order chi connectivity index (χ0) is 11.0. The van der Waals surface area contributed by atoms with Gasteiger partial charge in [0.25, 0.3) is 10.1 Å². The van der Waals surface area contributed by atoms with E-state index in [-0.39, 0.29) is 6.73 Å². The molecule has 0 saturated carbocycles. The van der Waals surface area contributed by atoms with Crippen LogP contribution in [0.15, 0.2) is 0 Å². The van der Waals surface area contributed by atoms with Crippen molar-refractivity contribution in [3.05, 3.63) is 0 Å². The zero-order valence-electron chi connectivity index (χ0n) is 7.98. The predicted octanol–water partition coefficient (Wildman–Crippen LogP) is -1.60. The number of hydroxylamine groups is 1. The lowest BCUT2D eigenvalue weighted by Gasteiger charge is -2.11. The first kappa shape index (κ1) is 13.7. The SMILES string of the molecule is CNNONCOC(C)CS(=O)(=O)O. The minimum absolute atomic E-state index is 0.00856. The fraction of sp³-hybridized carbons (Fsp3) is 1.00. The molecule has 8 nitrogen and oxygen atoms in total.